The summed E-state index contributed by atoms with van der Waals surface area (Å²) in [5, 5.41) is 18.9. The Kier molecular flexibility index (Phi) is 4.88. The molecule has 0 aliphatic heterocycles. The normalized spacial score (nSPS) is 9.76. The summed E-state index contributed by atoms with van der Waals surface area (Å²) in [6.07, 6.45) is 0.164. The van der Waals surface area contributed by atoms with Gasteiger partial charge < -0.3 is 10.1 Å². The highest BCUT2D eigenvalue weighted by Crippen LogP contribution is 2.01. The van der Waals surface area contributed by atoms with Gasteiger partial charge in [-0.1, -0.05) is 0 Å². The van der Waals surface area contributed by atoms with E-state index in [2.05, 4.69) is 15.5 Å². The number of rotatable bonds is 5. The molecule has 0 spiro atoms. The molecule has 17 heavy (non-hydrogen) atoms. The molecule has 6 heteroatoms. The average molecular weight is 234 g/mol. The summed E-state index contributed by atoms with van der Waals surface area (Å²) in [5.41, 5.74) is 0.259. The first kappa shape index (κ1) is 12.9. The maximum atomic E-state index is 11.2. The molecular weight excluding hydrogens is 220 g/mol. The van der Waals surface area contributed by atoms with E-state index in [-0.39, 0.29) is 24.2 Å². The second-order valence-electron chi connectivity index (χ2n) is 3.63. The molecule has 0 aromatic carbocycles. The van der Waals surface area contributed by atoms with Gasteiger partial charge in [0.25, 0.3) is 0 Å². The van der Waals surface area contributed by atoms with Crippen LogP contribution in [0.5, 0.6) is 0 Å². The maximum absolute atomic E-state index is 11.2. The summed E-state index contributed by atoms with van der Waals surface area (Å²) in [6.45, 7) is 4.03. The molecule has 0 aliphatic rings. The Hall–Kier alpha value is -2.16. The molecular formula is C11H14N4O2. The number of carbonyl (C=O) groups is 1. The smallest absolute Gasteiger partial charge is 0.307 e. The number of esters is 1. The van der Waals surface area contributed by atoms with Crippen LogP contribution in [0, 0.1) is 11.3 Å². The zero-order chi connectivity index (χ0) is 12.7. The van der Waals surface area contributed by atoms with Crippen molar-refractivity contribution < 1.29 is 9.53 Å². The Labute approximate surface area is 99.6 Å². The Morgan fingerprint density at radius 1 is 1.53 bits per heavy atom. The lowest BCUT2D eigenvalue weighted by Gasteiger charge is -2.08. The molecule has 90 valence electrons. The molecule has 1 N–H and O–H groups in total. The van der Waals surface area contributed by atoms with Crippen LogP contribution < -0.4 is 5.32 Å². The number of ether oxygens (including phenoxy) is 1. The van der Waals surface area contributed by atoms with Crippen molar-refractivity contribution in [1.29, 1.82) is 5.26 Å². The van der Waals surface area contributed by atoms with Gasteiger partial charge in [-0.15, -0.1) is 10.2 Å². The van der Waals surface area contributed by atoms with Gasteiger partial charge in [-0.05, 0) is 26.0 Å². The third-order valence-corrected chi connectivity index (χ3v) is 1.78. The standard InChI is InChI=1S/C11H14N4O2/c1-8(2)17-11(16)5-6-13-10-4-3-9(7-12)14-15-10/h3-4,8H,5-6H2,1-2H3,(H,13,15). The van der Waals surface area contributed by atoms with Gasteiger partial charge in [0.1, 0.15) is 11.9 Å². The molecule has 0 saturated carbocycles. The SMILES string of the molecule is CC(C)OC(=O)CCNc1ccc(C#N)nn1. The summed E-state index contributed by atoms with van der Waals surface area (Å²) in [4.78, 5) is 11.2. The van der Waals surface area contributed by atoms with Crippen LogP contribution in [0.15, 0.2) is 12.1 Å². The minimum atomic E-state index is -0.255. The Balaban J connectivity index is 2.31. The average Bonchev–Trinajstić information content (AvgIpc) is 2.29. The molecule has 1 heterocycles. The van der Waals surface area contributed by atoms with E-state index in [0.717, 1.165) is 0 Å². The highest BCUT2D eigenvalue weighted by molar-refractivity contribution is 5.70. The van der Waals surface area contributed by atoms with Gasteiger partial charge in [0, 0.05) is 6.54 Å². The first-order chi connectivity index (χ1) is 8.11. The van der Waals surface area contributed by atoms with Crippen molar-refractivity contribution >= 4 is 11.8 Å². The predicted octanol–water partition coefficient (Wildman–Crippen LogP) is 1.10. The molecule has 0 saturated heterocycles. The van der Waals surface area contributed by atoms with Gasteiger partial charge in [-0.2, -0.15) is 5.26 Å². The number of carbonyl (C=O) groups excluding carboxylic acids is 1. The lowest BCUT2D eigenvalue weighted by molar-refractivity contribution is -0.147. The van der Waals surface area contributed by atoms with Gasteiger partial charge in [-0.25, -0.2) is 0 Å². The second-order valence-corrected chi connectivity index (χ2v) is 3.63. The Morgan fingerprint density at radius 2 is 2.29 bits per heavy atom. The van der Waals surface area contributed by atoms with Crippen molar-refractivity contribution in [3.8, 4) is 6.07 Å². The number of anilines is 1. The van der Waals surface area contributed by atoms with Crippen molar-refractivity contribution in [2.45, 2.75) is 26.4 Å². The van der Waals surface area contributed by atoms with Crippen LogP contribution in [0.4, 0.5) is 5.82 Å². The molecule has 0 fully saturated rings. The van der Waals surface area contributed by atoms with Gasteiger partial charge in [-0.3, -0.25) is 4.79 Å². The number of hydrogen-bond donors (Lipinski definition) is 1. The first-order valence-corrected chi connectivity index (χ1v) is 5.29. The fourth-order valence-electron chi connectivity index (χ4n) is 1.10. The lowest BCUT2D eigenvalue weighted by atomic mass is 10.4. The van der Waals surface area contributed by atoms with Crippen LogP contribution in [0.3, 0.4) is 0 Å². The van der Waals surface area contributed by atoms with Gasteiger partial charge >= 0.3 is 5.97 Å². The summed E-state index contributed by atoms with van der Waals surface area (Å²) in [6, 6.07) is 5.07. The van der Waals surface area contributed by atoms with Crippen molar-refractivity contribution in [1.82, 2.24) is 10.2 Å². The monoisotopic (exact) mass is 234 g/mol. The van der Waals surface area contributed by atoms with E-state index in [1.807, 2.05) is 6.07 Å². The third kappa shape index (κ3) is 4.93. The highest BCUT2D eigenvalue weighted by Gasteiger charge is 2.05. The molecule has 0 atom stereocenters. The largest absolute Gasteiger partial charge is 0.463 e. The van der Waals surface area contributed by atoms with E-state index in [9.17, 15) is 4.79 Å². The number of nitriles is 1. The van der Waals surface area contributed by atoms with E-state index < -0.39 is 0 Å². The molecule has 0 aliphatic carbocycles. The fourth-order valence-corrected chi connectivity index (χ4v) is 1.10. The highest BCUT2D eigenvalue weighted by atomic mass is 16.5. The van der Waals surface area contributed by atoms with Gasteiger partial charge in [0.2, 0.25) is 0 Å². The minimum Gasteiger partial charge on any atom is -0.463 e. The predicted molar refractivity (Wildman–Crippen MR) is 61.1 cm³/mol. The van der Waals surface area contributed by atoms with E-state index in [0.29, 0.717) is 12.4 Å². The molecule has 1 aromatic rings. The number of nitrogens with one attached hydrogen (secondary N) is 1. The van der Waals surface area contributed by atoms with E-state index in [4.69, 9.17) is 10.00 Å². The van der Waals surface area contributed by atoms with Crippen molar-refractivity contribution in [2.24, 2.45) is 0 Å². The van der Waals surface area contributed by atoms with E-state index >= 15 is 0 Å². The zero-order valence-corrected chi connectivity index (χ0v) is 9.80. The van der Waals surface area contributed by atoms with Crippen LogP contribution in [-0.4, -0.2) is 28.8 Å². The number of aromatic nitrogens is 2. The van der Waals surface area contributed by atoms with Crippen molar-refractivity contribution in [3.63, 3.8) is 0 Å². The molecule has 1 rings (SSSR count). The van der Waals surface area contributed by atoms with E-state index in [1.54, 1.807) is 26.0 Å². The minimum absolute atomic E-state index is 0.0998. The van der Waals surface area contributed by atoms with Crippen LogP contribution in [0.2, 0.25) is 0 Å². The summed E-state index contributed by atoms with van der Waals surface area (Å²) < 4.78 is 4.97. The second kappa shape index (κ2) is 6.43. The number of nitrogens with zero attached hydrogens (tertiary/aromatic N) is 3. The van der Waals surface area contributed by atoms with Gasteiger partial charge in [0.05, 0.1) is 12.5 Å². The van der Waals surface area contributed by atoms with Crippen molar-refractivity contribution in [2.75, 3.05) is 11.9 Å². The summed E-state index contributed by atoms with van der Waals surface area (Å²) in [7, 11) is 0. The van der Waals surface area contributed by atoms with Crippen LogP contribution in [0.25, 0.3) is 0 Å². The first-order valence-electron chi connectivity index (χ1n) is 5.29. The molecule has 0 amide bonds. The molecule has 6 nitrogen and oxygen atoms in total. The third-order valence-electron chi connectivity index (χ3n) is 1.78. The van der Waals surface area contributed by atoms with Crippen molar-refractivity contribution in [3.05, 3.63) is 17.8 Å². The fraction of sp³-hybridized carbons (Fsp3) is 0.455. The van der Waals surface area contributed by atoms with Crippen LogP contribution >= 0.6 is 0 Å². The molecule has 0 unspecified atom stereocenters. The molecule has 1 aromatic heterocycles. The summed E-state index contributed by atoms with van der Waals surface area (Å²) >= 11 is 0. The quantitative estimate of drug-likeness (QED) is 0.767. The lowest BCUT2D eigenvalue weighted by Crippen LogP contribution is -2.15. The Bertz CT molecular complexity index is 408. The topological polar surface area (TPSA) is 87.9 Å². The molecule has 0 radical (unpaired) electrons. The van der Waals surface area contributed by atoms with Crippen LogP contribution in [0.1, 0.15) is 26.0 Å². The maximum Gasteiger partial charge on any atom is 0.307 e. The number of hydrogen-bond acceptors (Lipinski definition) is 6. The van der Waals surface area contributed by atoms with Gasteiger partial charge in [0.15, 0.2) is 5.69 Å². The molecule has 0 bridgehead atoms. The van der Waals surface area contributed by atoms with E-state index in [1.165, 1.54) is 0 Å². The van der Waals surface area contributed by atoms with Crippen LogP contribution in [-0.2, 0) is 9.53 Å². The summed E-state index contributed by atoms with van der Waals surface area (Å²) in [5.74, 6) is 0.274. The Morgan fingerprint density at radius 3 is 2.82 bits per heavy atom. The zero-order valence-electron chi connectivity index (χ0n) is 9.80.